The van der Waals surface area contributed by atoms with Crippen molar-refractivity contribution in [3.05, 3.63) is 24.4 Å². The highest BCUT2D eigenvalue weighted by molar-refractivity contribution is 7.89. The molecule has 0 spiro atoms. The molecule has 27 heavy (non-hydrogen) atoms. The Bertz CT molecular complexity index is 710. The summed E-state index contributed by atoms with van der Waals surface area (Å²) in [4.78, 5) is 21.4. The molecule has 0 aliphatic carbocycles. The van der Waals surface area contributed by atoms with E-state index in [-0.39, 0.29) is 17.6 Å². The lowest BCUT2D eigenvalue weighted by Crippen LogP contribution is -2.52. The average molecular weight is 395 g/mol. The zero-order chi connectivity index (χ0) is 19.3. The highest BCUT2D eigenvalue weighted by Crippen LogP contribution is 2.23. The van der Waals surface area contributed by atoms with Crippen molar-refractivity contribution in [2.75, 3.05) is 49.9 Å². The van der Waals surface area contributed by atoms with E-state index in [9.17, 15) is 13.2 Å². The molecule has 0 N–H and O–H groups in total. The van der Waals surface area contributed by atoms with Crippen LogP contribution in [-0.2, 0) is 14.8 Å². The molecule has 0 saturated carbocycles. The highest BCUT2D eigenvalue weighted by atomic mass is 32.2. The van der Waals surface area contributed by atoms with E-state index in [4.69, 9.17) is 0 Å². The molecule has 0 bridgehead atoms. The summed E-state index contributed by atoms with van der Waals surface area (Å²) >= 11 is 0. The molecule has 3 heterocycles. The van der Waals surface area contributed by atoms with E-state index >= 15 is 0 Å². The number of hydrogen-bond acceptors (Lipinski definition) is 5. The second kappa shape index (κ2) is 9.01. The predicted molar refractivity (Wildman–Crippen MR) is 106 cm³/mol. The standard InChI is InChI=1S/C19H30N4O3S/c1-2-3-16-27(25,26)23-10-7-17(8-11-23)19(24)22-14-12-21(13-15-22)18-6-4-5-9-20-18/h4-6,9,17H,2-3,7-8,10-16H2,1H3. The summed E-state index contributed by atoms with van der Waals surface area (Å²) in [5.41, 5.74) is 0. The maximum Gasteiger partial charge on any atom is 0.225 e. The third kappa shape index (κ3) is 4.99. The predicted octanol–water partition coefficient (Wildman–Crippen LogP) is 1.57. The molecule has 7 nitrogen and oxygen atoms in total. The van der Waals surface area contributed by atoms with Crippen LogP contribution in [0.2, 0.25) is 0 Å². The second-order valence-corrected chi connectivity index (χ2v) is 9.43. The molecule has 8 heteroatoms. The zero-order valence-corrected chi connectivity index (χ0v) is 16.9. The molecule has 150 valence electrons. The Hall–Kier alpha value is -1.67. The summed E-state index contributed by atoms with van der Waals surface area (Å²) in [7, 11) is -3.16. The van der Waals surface area contributed by atoms with Gasteiger partial charge in [0.25, 0.3) is 0 Å². The topological polar surface area (TPSA) is 73.8 Å². The van der Waals surface area contributed by atoms with Gasteiger partial charge in [-0.05, 0) is 31.4 Å². The van der Waals surface area contributed by atoms with Gasteiger partial charge in [0, 0.05) is 51.4 Å². The molecular formula is C19H30N4O3S. The Balaban J connectivity index is 1.47. The lowest BCUT2D eigenvalue weighted by Gasteiger charge is -2.38. The van der Waals surface area contributed by atoms with Gasteiger partial charge in [0.15, 0.2) is 0 Å². The average Bonchev–Trinajstić information content (AvgIpc) is 2.72. The van der Waals surface area contributed by atoms with Gasteiger partial charge in [0.2, 0.25) is 15.9 Å². The van der Waals surface area contributed by atoms with Crippen LogP contribution in [0.1, 0.15) is 32.6 Å². The number of aromatic nitrogens is 1. The van der Waals surface area contributed by atoms with Gasteiger partial charge < -0.3 is 9.80 Å². The summed E-state index contributed by atoms with van der Waals surface area (Å²) in [5, 5.41) is 0. The lowest BCUT2D eigenvalue weighted by atomic mass is 9.96. The quantitative estimate of drug-likeness (QED) is 0.732. The van der Waals surface area contributed by atoms with Crippen molar-refractivity contribution in [1.82, 2.24) is 14.2 Å². The number of carbonyl (C=O) groups excluding carboxylic acids is 1. The molecule has 1 aromatic heterocycles. The van der Waals surface area contributed by atoms with E-state index in [1.807, 2.05) is 30.0 Å². The zero-order valence-electron chi connectivity index (χ0n) is 16.1. The van der Waals surface area contributed by atoms with E-state index in [1.165, 1.54) is 0 Å². The van der Waals surface area contributed by atoms with Crippen LogP contribution in [-0.4, -0.2) is 73.5 Å². The molecule has 2 aliphatic rings. The SMILES string of the molecule is CCCCS(=O)(=O)N1CCC(C(=O)N2CCN(c3ccccn3)CC2)CC1. The molecule has 1 amide bonds. The Kier molecular flexibility index (Phi) is 6.70. The number of piperidine rings is 1. The minimum Gasteiger partial charge on any atom is -0.353 e. The summed E-state index contributed by atoms with van der Waals surface area (Å²) in [6, 6.07) is 5.87. The van der Waals surface area contributed by atoms with Gasteiger partial charge in [-0.15, -0.1) is 0 Å². The van der Waals surface area contributed by atoms with Crippen molar-refractivity contribution in [2.24, 2.45) is 5.92 Å². The Labute approximate surface area is 162 Å². The summed E-state index contributed by atoms with van der Waals surface area (Å²) in [6.45, 7) is 5.90. The third-order valence-corrected chi connectivity index (χ3v) is 7.47. The van der Waals surface area contributed by atoms with Gasteiger partial charge in [-0.2, -0.15) is 0 Å². The summed E-state index contributed by atoms with van der Waals surface area (Å²) in [5.74, 6) is 1.30. The molecule has 0 unspecified atom stereocenters. The van der Waals surface area contributed by atoms with Crippen molar-refractivity contribution in [3.8, 4) is 0 Å². The molecule has 3 rings (SSSR count). The Morgan fingerprint density at radius 3 is 2.41 bits per heavy atom. The van der Waals surface area contributed by atoms with Gasteiger partial charge >= 0.3 is 0 Å². The van der Waals surface area contributed by atoms with E-state index in [1.54, 1.807) is 10.5 Å². The number of carbonyl (C=O) groups is 1. The van der Waals surface area contributed by atoms with Crippen LogP contribution in [0.5, 0.6) is 0 Å². The summed E-state index contributed by atoms with van der Waals surface area (Å²) in [6.07, 6.45) is 4.62. The normalized spacial score (nSPS) is 20.0. The number of sulfonamides is 1. The van der Waals surface area contributed by atoms with Crippen molar-refractivity contribution in [1.29, 1.82) is 0 Å². The van der Waals surface area contributed by atoms with Crippen LogP contribution >= 0.6 is 0 Å². The molecule has 0 radical (unpaired) electrons. The fraction of sp³-hybridized carbons (Fsp3) is 0.684. The molecule has 2 saturated heterocycles. The van der Waals surface area contributed by atoms with Crippen LogP contribution < -0.4 is 4.90 Å². The van der Waals surface area contributed by atoms with Gasteiger partial charge in [-0.3, -0.25) is 4.79 Å². The van der Waals surface area contributed by atoms with Crippen molar-refractivity contribution in [2.45, 2.75) is 32.6 Å². The van der Waals surface area contributed by atoms with Crippen LogP contribution in [0.3, 0.4) is 0 Å². The first-order chi connectivity index (χ1) is 13.0. The maximum absolute atomic E-state index is 12.8. The van der Waals surface area contributed by atoms with Gasteiger partial charge in [0.1, 0.15) is 5.82 Å². The van der Waals surface area contributed by atoms with E-state index in [0.717, 1.165) is 25.3 Å². The number of nitrogens with zero attached hydrogens (tertiary/aromatic N) is 4. The van der Waals surface area contributed by atoms with Crippen molar-refractivity contribution >= 4 is 21.7 Å². The van der Waals surface area contributed by atoms with Gasteiger partial charge in [0.05, 0.1) is 5.75 Å². The molecule has 0 atom stereocenters. The smallest absolute Gasteiger partial charge is 0.225 e. The monoisotopic (exact) mass is 394 g/mol. The number of piperazine rings is 1. The first kappa shape index (κ1) is 20.1. The minimum atomic E-state index is -3.16. The minimum absolute atomic E-state index is 0.0518. The number of pyridine rings is 1. The molecule has 2 aliphatic heterocycles. The van der Waals surface area contributed by atoms with E-state index < -0.39 is 10.0 Å². The van der Waals surface area contributed by atoms with Crippen LogP contribution in [0.4, 0.5) is 5.82 Å². The molecule has 1 aromatic rings. The van der Waals surface area contributed by atoms with E-state index in [0.29, 0.717) is 45.4 Å². The van der Waals surface area contributed by atoms with Crippen molar-refractivity contribution in [3.63, 3.8) is 0 Å². The Morgan fingerprint density at radius 1 is 1.11 bits per heavy atom. The van der Waals surface area contributed by atoms with Crippen LogP contribution in [0.15, 0.2) is 24.4 Å². The Morgan fingerprint density at radius 2 is 1.81 bits per heavy atom. The molecule has 0 aromatic carbocycles. The second-order valence-electron chi connectivity index (χ2n) is 7.34. The number of unbranched alkanes of at least 4 members (excludes halogenated alkanes) is 1. The molecular weight excluding hydrogens is 364 g/mol. The van der Waals surface area contributed by atoms with Gasteiger partial charge in [-0.1, -0.05) is 19.4 Å². The molecule has 2 fully saturated rings. The van der Waals surface area contributed by atoms with Crippen molar-refractivity contribution < 1.29 is 13.2 Å². The fourth-order valence-electron chi connectivity index (χ4n) is 3.79. The fourth-order valence-corrected chi connectivity index (χ4v) is 5.47. The largest absolute Gasteiger partial charge is 0.353 e. The number of anilines is 1. The first-order valence-corrected chi connectivity index (χ1v) is 11.5. The van der Waals surface area contributed by atoms with Gasteiger partial charge in [-0.25, -0.2) is 17.7 Å². The number of hydrogen-bond donors (Lipinski definition) is 0. The highest BCUT2D eigenvalue weighted by Gasteiger charge is 2.33. The first-order valence-electron chi connectivity index (χ1n) is 9.94. The maximum atomic E-state index is 12.8. The number of amides is 1. The van der Waals surface area contributed by atoms with Crippen LogP contribution in [0.25, 0.3) is 0 Å². The van der Waals surface area contributed by atoms with Crippen LogP contribution in [0, 0.1) is 5.92 Å². The van der Waals surface area contributed by atoms with E-state index in [2.05, 4.69) is 9.88 Å². The number of rotatable bonds is 6. The lowest BCUT2D eigenvalue weighted by molar-refractivity contribution is -0.137. The summed E-state index contributed by atoms with van der Waals surface area (Å²) < 4.78 is 26.2. The third-order valence-electron chi connectivity index (χ3n) is 5.52.